The average molecular weight is 280 g/mol. The zero-order valence-corrected chi connectivity index (χ0v) is 12.2. The molecule has 2 rings (SSSR count). The second kappa shape index (κ2) is 6.85. The lowest BCUT2D eigenvalue weighted by atomic mass is 10.1. The van der Waals surface area contributed by atoms with E-state index < -0.39 is 0 Å². The first-order chi connectivity index (χ1) is 9.60. The van der Waals surface area contributed by atoms with Gasteiger partial charge >= 0.3 is 0 Å². The van der Waals surface area contributed by atoms with Gasteiger partial charge in [0.1, 0.15) is 17.5 Å². The van der Waals surface area contributed by atoms with Gasteiger partial charge in [-0.05, 0) is 12.8 Å². The third-order valence-corrected chi connectivity index (χ3v) is 3.48. The van der Waals surface area contributed by atoms with Crippen LogP contribution in [0.1, 0.15) is 38.4 Å². The number of nitrogens with zero attached hydrogens (tertiary/aromatic N) is 3. The lowest BCUT2D eigenvalue weighted by molar-refractivity contribution is 0.0158. The van der Waals surface area contributed by atoms with Crippen LogP contribution >= 0.6 is 0 Å². The van der Waals surface area contributed by atoms with Crippen LogP contribution in [0.3, 0.4) is 0 Å². The van der Waals surface area contributed by atoms with Crippen molar-refractivity contribution in [2.75, 3.05) is 36.9 Å². The van der Waals surface area contributed by atoms with Crippen molar-refractivity contribution in [2.45, 2.75) is 38.7 Å². The van der Waals surface area contributed by atoms with E-state index in [4.69, 9.17) is 15.6 Å². The van der Waals surface area contributed by atoms with Crippen LogP contribution in [0.25, 0.3) is 0 Å². The number of piperidine rings is 1. The van der Waals surface area contributed by atoms with Gasteiger partial charge in [0.25, 0.3) is 0 Å². The first-order valence-corrected chi connectivity index (χ1v) is 7.22. The minimum Gasteiger partial charge on any atom is -0.394 e. The fourth-order valence-electron chi connectivity index (χ4n) is 2.36. The summed E-state index contributed by atoms with van der Waals surface area (Å²) in [5.41, 5.74) is 5.87. The monoisotopic (exact) mass is 280 g/mol. The number of nitrogen functional groups attached to an aromatic ring is 1. The molecule has 6 nitrogen and oxygen atoms in total. The number of rotatable bonds is 5. The Morgan fingerprint density at radius 2 is 2.10 bits per heavy atom. The normalized spacial score (nSPS) is 16.9. The van der Waals surface area contributed by atoms with Crippen molar-refractivity contribution in [3.05, 3.63) is 11.9 Å². The number of aliphatic hydroxyl groups excluding tert-OH is 1. The van der Waals surface area contributed by atoms with E-state index in [1.54, 1.807) is 0 Å². The standard InChI is InChI=1S/C14H24N4O2/c1-10(2)14-16-12(15)9-13(17-14)18-5-3-11(4-6-18)20-8-7-19/h9-11,19H,3-8H2,1-2H3,(H2,15,16,17). The van der Waals surface area contributed by atoms with Crippen molar-refractivity contribution in [3.8, 4) is 0 Å². The van der Waals surface area contributed by atoms with E-state index in [9.17, 15) is 0 Å². The molecule has 3 N–H and O–H groups in total. The first-order valence-electron chi connectivity index (χ1n) is 7.22. The molecule has 0 radical (unpaired) electrons. The minimum absolute atomic E-state index is 0.0837. The molecule has 0 bridgehead atoms. The van der Waals surface area contributed by atoms with Gasteiger partial charge in [-0.1, -0.05) is 13.8 Å². The molecule has 112 valence electrons. The van der Waals surface area contributed by atoms with Crippen LogP contribution in [-0.2, 0) is 4.74 Å². The number of hydrogen-bond acceptors (Lipinski definition) is 6. The fraction of sp³-hybridized carbons (Fsp3) is 0.714. The van der Waals surface area contributed by atoms with Crippen molar-refractivity contribution in [1.29, 1.82) is 0 Å². The topological polar surface area (TPSA) is 84.5 Å². The largest absolute Gasteiger partial charge is 0.394 e. The molecule has 0 spiro atoms. The average Bonchev–Trinajstić information content (AvgIpc) is 2.45. The number of aromatic nitrogens is 2. The summed E-state index contributed by atoms with van der Waals surface area (Å²) in [6.07, 6.45) is 2.13. The number of anilines is 2. The highest BCUT2D eigenvalue weighted by molar-refractivity contribution is 5.47. The summed E-state index contributed by atoms with van der Waals surface area (Å²) in [5, 5.41) is 8.77. The van der Waals surface area contributed by atoms with Crippen LogP contribution in [0.15, 0.2) is 6.07 Å². The number of aliphatic hydroxyl groups is 1. The third-order valence-electron chi connectivity index (χ3n) is 3.48. The van der Waals surface area contributed by atoms with Gasteiger partial charge in [0.15, 0.2) is 0 Å². The van der Waals surface area contributed by atoms with Gasteiger partial charge in [-0.2, -0.15) is 0 Å². The summed E-state index contributed by atoms with van der Waals surface area (Å²) in [7, 11) is 0. The fourth-order valence-corrected chi connectivity index (χ4v) is 2.36. The van der Waals surface area contributed by atoms with Crippen LogP contribution in [0.5, 0.6) is 0 Å². The molecule has 1 aliphatic rings. The molecule has 1 aromatic rings. The summed E-state index contributed by atoms with van der Waals surface area (Å²) in [6, 6.07) is 1.83. The molecule has 0 saturated carbocycles. The first kappa shape index (κ1) is 15.0. The maximum absolute atomic E-state index is 8.77. The molecule has 0 aliphatic carbocycles. The zero-order chi connectivity index (χ0) is 14.5. The second-order valence-corrected chi connectivity index (χ2v) is 5.44. The Morgan fingerprint density at radius 3 is 2.70 bits per heavy atom. The molecule has 1 aromatic heterocycles. The predicted octanol–water partition coefficient (Wildman–Crippen LogP) is 1.16. The smallest absolute Gasteiger partial charge is 0.135 e. The third kappa shape index (κ3) is 3.80. The van der Waals surface area contributed by atoms with E-state index in [2.05, 4.69) is 28.7 Å². The Bertz CT molecular complexity index is 431. The molecule has 1 fully saturated rings. The molecule has 1 saturated heterocycles. The highest BCUT2D eigenvalue weighted by atomic mass is 16.5. The van der Waals surface area contributed by atoms with Gasteiger partial charge < -0.3 is 20.5 Å². The Balaban J connectivity index is 1.99. The van der Waals surface area contributed by atoms with Crippen LogP contribution in [0.2, 0.25) is 0 Å². The molecule has 20 heavy (non-hydrogen) atoms. The van der Waals surface area contributed by atoms with Crippen molar-refractivity contribution in [3.63, 3.8) is 0 Å². The van der Waals surface area contributed by atoms with Gasteiger partial charge in [-0.25, -0.2) is 9.97 Å². The van der Waals surface area contributed by atoms with Crippen LogP contribution in [0.4, 0.5) is 11.6 Å². The van der Waals surface area contributed by atoms with Gasteiger partial charge in [0.05, 0.1) is 19.3 Å². The van der Waals surface area contributed by atoms with Crippen molar-refractivity contribution in [1.82, 2.24) is 9.97 Å². The van der Waals surface area contributed by atoms with Crippen molar-refractivity contribution in [2.24, 2.45) is 0 Å². The molecule has 0 atom stereocenters. The van der Waals surface area contributed by atoms with Crippen LogP contribution in [-0.4, -0.2) is 47.5 Å². The van der Waals surface area contributed by atoms with E-state index in [1.165, 1.54) is 0 Å². The minimum atomic E-state index is 0.0837. The Hall–Kier alpha value is -1.40. The molecular weight excluding hydrogens is 256 g/mol. The molecule has 6 heteroatoms. The summed E-state index contributed by atoms with van der Waals surface area (Å²) in [6.45, 7) is 6.41. The zero-order valence-electron chi connectivity index (χ0n) is 12.2. The summed E-state index contributed by atoms with van der Waals surface area (Å²) in [4.78, 5) is 11.1. The van der Waals surface area contributed by atoms with Gasteiger partial charge in [-0.15, -0.1) is 0 Å². The highest BCUT2D eigenvalue weighted by Crippen LogP contribution is 2.22. The maximum atomic E-state index is 8.77. The van der Waals surface area contributed by atoms with E-state index in [1.807, 2.05) is 6.07 Å². The number of ether oxygens (including phenoxy) is 1. The molecule has 2 heterocycles. The molecule has 0 amide bonds. The van der Waals surface area contributed by atoms with Gasteiger partial charge in [0, 0.05) is 25.1 Å². The Labute approximate surface area is 120 Å². The van der Waals surface area contributed by atoms with Gasteiger partial charge in [0.2, 0.25) is 0 Å². The maximum Gasteiger partial charge on any atom is 0.135 e. The second-order valence-electron chi connectivity index (χ2n) is 5.44. The predicted molar refractivity (Wildman–Crippen MR) is 78.8 cm³/mol. The molecule has 1 aliphatic heterocycles. The summed E-state index contributed by atoms with van der Waals surface area (Å²) in [5.74, 6) is 2.49. The van der Waals surface area contributed by atoms with E-state index in [-0.39, 0.29) is 18.6 Å². The van der Waals surface area contributed by atoms with Crippen LogP contribution in [0, 0.1) is 0 Å². The Morgan fingerprint density at radius 1 is 1.40 bits per heavy atom. The van der Waals surface area contributed by atoms with Crippen LogP contribution < -0.4 is 10.6 Å². The highest BCUT2D eigenvalue weighted by Gasteiger charge is 2.21. The van der Waals surface area contributed by atoms with Gasteiger partial charge in [-0.3, -0.25) is 0 Å². The molecule has 0 unspecified atom stereocenters. The number of nitrogens with two attached hydrogens (primary N) is 1. The van der Waals surface area contributed by atoms with Crippen molar-refractivity contribution < 1.29 is 9.84 Å². The van der Waals surface area contributed by atoms with E-state index in [0.29, 0.717) is 12.4 Å². The molecular formula is C14H24N4O2. The van der Waals surface area contributed by atoms with E-state index in [0.717, 1.165) is 37.6 Å². The molecule has 0 aromatic carbocycles. The van der Waals surface area contributed by atoms with Crippen molar-refractivity contribution >= 4 is 11.6 Å². The summed E-state index contributed by atoms with van der Waals surface area (Å²) >= 11 is 0. The lowest BCUT2D eigenvalue weighted by Crippen LogP contribution is -2.38. The number of hydrogen-bond donors (Lipinski definition) is 2. The lowest BCUT2D eigenvalue weighted by Gasteiger charge is -2.33. The SMILES string of the molecule is CC(C)c1nc(N)cc(N2CCC(OCCO)CC2)n1. The quantitative estimate of drug-likeness (QED) is 0.842. The summed E-state index contributed by atoms with van der Waals surface area (Å²) < 4.78 is 5.57. The van der Waals surface area contributed by atoms with E-state index >= 15 is 0 Å². The Kier molecular flexibility index (Phi) is 5.14.